The Hall–Kier alpha value is -2.37. The molecule has 23 heavy (non-hydrogen) atoms. The molecule has 6 heteroatoms. The number of hydrogen-bond donors (Lipinski definition) is 1. The van der Waals surface area contributed by atoms with Crippen molar-refractivity contribution in [2.45, 2.75) is 39.0 Å². The summed E-state index contributed by atoms with van der Waals surface area (Å²) in [5.74, 6) is 1.71. The average molecular weight is 317 g/mol. The first-order valence-electron chi connectivity index (χ1n) is 7.96. The Kier molecular flexibility index (Phi) is 6.59. The molecule has 0 aliphatic rings. The van der Waals surface area contributed by atoms with E-state index in [4.69, 9.17) is 9.15 Å². The zero-order valence-corrected chi connectivity index (χ0v) is 13.7. The van der Waals surface area contributed by atoms with Crippen molar-refractivity contribution in [2.24, 2.45) is 0 Å². The van der Waals surface area contributed by atoms with Crippen molar-refractivity contribution >= 4 is 5.91 Å². The van der Waals surface area contributed by atoms with Gasteiger partial charge in [-0.1, -0.05) is 19.8 Å². The van der Waals surface area contributed by atoms with Crippen LogP contribution in [0.2, 0.25) is 0 Å². The smallest absolute Gasteiger partial charge is 0.247 e. The standard InChI is InChI=1S/C17H23N3O3/c1-3-4-5-12-18-15(21)10-11-16-19-20-17(23-16)13-6-8-14(22-2)9-7-13/h6-9H,3-5,10-12H2,1-2H3,(H,18,21). The van der Waals surface area contributed by atoms with E-state index in [9.17, 15) is 4.79 Å². The predicted molar refractivity (Wildman–Crippen MR) is 87.1 cm³/mol. The molecular weight excluding hydrogens is 294 g/mol. The summed E-state index contributed by atoms with van der Waals surface area (Å²) in [6.07, 6.45) is 4.10. The van der Waals surface area contributed by atoms with Crippen LogP contribution in [-0.2, 0) is 11.2 Å². The third kappa shape index (κ3) is 5.39. The third-order valence-electron chi connectivity index (χ3n) is 3.47. The number of hydrogen-bond acceptors (Lipinski definition) is 5. The summed E-state index contributed by atoms with van der Waals surface area (Å²) in [4.78, 5) is 11.7. The molecule has 124 valence electrons. The molecule has 1 N–H and O–H groups in total. The Morgan fingerprint density at radius 1 is 1.22 bits per heavy atom. The second-order valence-electron chi connectivity index (χ2n) is 5.29. The number of carbonyl (C=O) groups is 1. The molecule has 0 unspecified atom stereocenters. The van der Waals surface area contributed by atoms with E-state index in [0.29, 0.717) is 24.6 Å². The summed E-state index contributed by atoms with van der Waals surface area (Å²) in [6, 6.07) is 7.39. The van der Waals surface area contributed by atoms with Crippen molar-refractivity contribution in [3.63, 3.8) is 0 Å². The summed E-state index contributed by atoms with van der Waals surface area (Å²) in [7, 11) is 1.62. The molecular formula is C17H23N3O3. The van der Waals surface area contributed by atoms with Crippen molar-refractivity contribution in [3.05, 3.63) is 30.2 Å². The lowest BCUT2D eigenvalue weighted by Crippen LogP contribution is -2.24. The first-order valence-corrected chi connectivity index (χ1v) is 7.96. The van der Waals surface area contributed by atoms with Gasteiger partial charge in [-0.2, -0.15) is 0 Å². The lowest BCUT2D eigenvalue weighted by molar-refractivity contribution is -0.121. The van der Waals surface area contributed by atoms with Crippen LogP contribution in [0.25, 0.3) is 11.5 Å². The molecule has 0 aliphatic carbocycles. The number of methoxy groups -OCH3 is 1. The zero-order chi connectivity index (χ0) is 16.5. The maximum Gasteiger partial charge on any atom is 0.247 e. The molecule has 2 rings (SSSR count). The minimum Gasteiger partial charge on any atom is -0.497 e. The Bertz CT molecular complexity index is 608. The highest BCUT2D eigenvalue weighted by Crippen LogP contribution is 2.21. The van der Waals surface area contributed by atoms with Crippen molar-refractivity contribution in [1.82, 2.24) is 15.5 Å². The van der Waals surface area contributed by atoms with Crippen molar-refractivity contribution < 1.29 is 13.9 Å². The largest absolute Gasteiger partial charge is 0.497 e. The first-order chi connectivity index (χ1) is 11.2. The number of nitrogens with one attached hydrogen (secondary N) is 1. The maximum atomic E-state index is 11.7. The van der Waals surface area contributed by atoms with Gasteiger partial charge < -0.3 is 14.5 Å². The fourth-order valence-corrected chi connectivity index (χ4v) is 2.12. The minimum absolute atomic E-state index is 0.0188. The van der Waals surface area contributed by atoms with Gasteiger partial charge in [0.05, 0.1) is 7.11 Å². The van der Waals surface area contributed by atoms with Crippen molar-refractivity contribution in [3.8, 4) is 17.2 Å². The fourth-order valence-electron chi connectivity index (χ4n) is 2.12. The normalized spacial score (nSPS) is 10.5. The number of benzene rings is 1. The lowest BCUT2D eigenvalue weighted by Gasteiger charge is -2.02. The monoisotopic (exact) mass is 317 g/mol. The van der Waals surface area contributed by atoms with Crippen LogP contribution in [0, 0.1) is 0 Å². The highest BCUT2D eigenvalue weighted by Gasteiger charge is 2.10. The van der Waals surface area contributed by atoms with Crippen LogP contribution in [0.5, 0.6) is 5.75 Å². The molecule has 0 saturated carbocycles. The summed E-state index contributed by atoms with van der Waals surface area (Å²) in [6.45, 7) is 2.87. The van der Waals surface area contributed by atoms with Crippen LogP contribution >= 0.6 is 0 Å². The summed E-state index contributed by atoms with van der Waals surface area (Å²) < 4.78 is 10.7. The Labute approximate surface area is 136 Å². The number of ether oxygens (including phenoxy) is 1. The molecule has 0 aliphatic heterocycles. The molecule has 0 radical (unpaired) electrons. The molecule has 0 atom stereocenters. The first kappa shape index (κ1) is 17.0. The van der Waals surface area contributed by atoms with Gasteiger partial charge in [0.15, 0.2) is 0 Å². The fraction of sp³-hybridized carbons (Fsp3) is 0.471. The molecule has 0 bridgehead atoms. The van der Waals surface area contributed by atoms with Crippen molar-refractivity contribution in [1.29, 1.82) is 0 Å². The van der Waals surface area contributed by atoms with E-state index in [1.54, 1.807) is 7.11 Å². The number of carbonyl (C=O) groups excluding carboxylic acids is 1. The van der Waals surface area contributed by atoms with Crippen LogP contribution < -0.4 is 10.1 Å². The van der Waals surface area contributed by atoms with Crippen LogP contribution in [-0.4, -0.2) is 29.8 Å². The lowest BCUT2D eigenvalue weighted by atomic mass is 10.2. The third-order valence-corrected chi connectivity index (χ3v) is 3.47. The van der Waals surface area contributed by atoms with Crippen LogP contribution in [0.15, 0.2) is 28.7 Å². The van der Waals surface area contributed by atoms with E-state index in [-0.39, 0.29) is 5.91 Å². The predicted octanol–water partition coefficient (Wildman–Crippen LogP) is 2.98. The van der Waals surface area contributed by atoms with Crippen molar-refractivity contribution in [2.75, 3.05) is 13.7 Å². The number of aryl methyl sites for hydroxylation is 1. The van der Waals surface area contributed by atoms with E-state index in [1.807, 2.05) is 24.3 Å². The van der Waals surface area contributed by atoms with Gasteiger partial charge in [-0.3, -0.25) is 4.79 Å². The molecule has 1 amide bonds. The molecule has 2 aromatic rings. The van der Waals surface area contributed by atoms with E-state index < -0.39 is 0 Å². The number of unbranched alkanes of at least 4 members (excludes halogenated alkanes) is 2. The van der Waals surface area contributed by atoms with Crippen LogP contribution in [0.1, 0.15) is 38.5 Å². The molecule has 1 aromatic carbocycles. The Morgan fingerprint density at radius 3 is 2.70 bits per heavy atom. The number of nitrogens with zero attached hydrogens (tertiary/aromatic N) is 2. The van der Waals surface area contributed by atoms with Gasteiger partial charge in [-0.25, -0.2) is 0 Å². The summed E-state index contributed by atoms with van der Waals surface area (Å²) in [5, 5.41) is 10.9. The quantitative estimate of drug-likeness (QED) is 0.719. The second kappa shape index (κ2) is 8.92. The van der Waals surface area contributed by atoms with Crippen LogP contribution in [0.3, 0.4) is 0 Å². The average Bonchev–Trinajstić information content (AvgIpc) is 3.06. The van der Waals surface area contributed by atoms with Gasteiger partial charge in [-0.05, 0) is 30.7 Å². The van der Waals surface area contributed by atoms with Gasteiger partial charge in [0, 0.05) is 24.9 Å². The van der Waals surface area contributed by atoms with Gasteiger partial charge in [-0.15, -0.1) is 10.2 Å². The Balaban J connectivity index is 1.81. The van der Waals surface area contributed by atoms with E-state index in [1.165, 1.54) is 0 Å². The molecule has 6 nitrogen and oxygen atoms in total. The van der Waals surface area contributed by atoms with Gasteiger partial charge in [0.1, 0.15) is 5.75 Å². The molecule has 1 aromatic heterocycles. The number of rotatable bonds is 9. The SMILES string of the molecule is CCCCCNC(=O)CCc1nnc(-c2ccc(OC)cc2)o1. The number of aromatic nitrogens is 2. The van der Waals surface area contributed by atoms with Crippen LogP contribution in [0.4, 0.5) is 0 Å². The maximum absolute atomic E-state index is 11.7. The minimum atomic E-state index is 0.0188. The highest BCUT2D eigenvalue weighted by molar-refractivity contribution is 5.75. The second-order valence-corrected chi connectivity index (χ2v) is 5.29. The molecule has 0 fully saturated rings. The summed E-state index contributed by atoms with van der Waals surface area (Å²) >= 11 is 0. The van der Waals surface area contributed by atoms with Gasteiger partial charge in [0.2, 0.25) is 17.7 Å². The van der Waals surface area contributed by atoms with Gasteiger partial charge in [0.25, 0.3) is 0 Å². The zero-order valence-electron chi connectivity index (χ0n) is 13.7. The highest BCUT2D eigenvalue weighted by atomic mass is 16.5. The molecule has 0 saturated heterocycles. The molecule has 0 spiro atoms. The Morgan fingerprint density at radius 2 is 2.00 bits per heavy atom. The van der Waals surface area contributed by atoms with E-state index in [2.05, 4.69) is 22.4 Å². The molecule has 1 heterocycles. The van der Waals surface area contributed by atoms with E-state index >= 15 is 0 Å². The van der Waals surface area contributed by atoms with E-state index in [0.717, 1.165) is 37.1 Å². The summed E-state index contributed by atoms with van der Waals surface area (Å²) in [5.41, 5.74) is 0.827. The topological polar surface area (TPSA) is 77.2 Å². The van der Waals surface area contributed by atoms with Gasteiger partial charge >= 0.3 is 0 Å². The number of amides is 1.